The summed E-state index contributed by atoms with van der Waals surface area (Å²) in [4.78, 5) is 15.5. The molecule has 6 atom stereocenters. The van der Waals surface area contributed by atoms with Gasteiger partial charge in [-0.05, 0) is 90.7 Å². The number of nitrogens with zero attached hydrogens (tertiary/aromatic N) is 2. The Kier molecular flexibility index (Phi) is 3.93. The van der Waals surface area contributed by atoms with E-state index in [-0.39, 0.29) is 6.04 Å². The molecule has 3 heteroatoms. The van der Waals surface area contributed by atoms with Crippen LogP contribution in [-0.4, -0.2) is 11.0 Å². The number of nitroso groups, excluding NO2 is 1. The van der Waals surface area contributed by atoms with Crippen molar-refractivity contribution in [3.8, 4) is 0 Å². The van der Waals surface area contributed by atoms with E-state index in [1.807, 2.05) is 12.4 Å². The first-order valence-corrected chi connectivity index (χ1v) is 10.7. The molecule has 4 aliphatic carbocycles. The first-order chi connectivity index (χ1) is 13.1. The molecule has 2 saturated carbocycles. The quantitative estimate of drug-likeness (QED) is 0.466. The zero-order chi connectivity index (χ0) is 18.6. The Balaban J connectivity index is 1.46. The van der Waals surface area contributed by atoms with Crippen molar-refractivity contribution in [2.45, 2.75) is 64.8 Å². The second kappa shape index (κ2) is 6.12. The number of hydrogen-bond donors (Lipinski definition) is 0. The van der Waals surface area contributed by atoms with Gasteiger partial charge in [0.15, 0.2) is 0 Å². The topological polar surface area (TPSA) is 42.3 Å². The van der Waals surface area contributed by atoms with Crippen molar-refractivity contribution in [2.24, 2.45) is 33.8 Å². The smallest absolute Gasteiger partial charge is 0.110 e. The van der Waals surface area contributed by atoms with Crippen LogP contribution >= 0.6 is 0 Å². The molecular weight excluding hydrogens is 332 g/mol. The minimum atomic E-state index is -0.0798. The van der Waals surface area contributed by atoms with E-state index in [9.17, 15) is 4.91 Å². The molecule has 0 aliphatic heterocycles. The Hall–Kier alpha value is -1.77. The van der Waals surface area contributed by atoms with Crippen LogP contribution in [0.4, 0.5) is 0 Å². The van der Waals surface area contributed by atoms with Gasteiger partial charge in [-0.1, -0.05) is 42.8 Å². The first kappa shape index (κ1) is 17.3. The molecule has 1 aromatic heterocycles. The highest BCUT2D eigenvalue weighted by Gasteiger charge is 2.57. The molecule has 1 heterocycles. The molecule has 0 aromatic carbocycles. The number of aromatic nitrogens is 1. The molecule has 0 amide bonds. The highest BCUT2D eigenvalue weighted by atomic mass is 16.3. The van der Waals surface area contributed by atoms with Crippen LogP contribution in [0.3, 0.4) is 0 Å². The Morgan fingerprint density at radius 1 is 1.11 bits per heavy atom. The average molecular weight is 363 g/mol. The Morgan fingerprint density at radius 3 is 2.74 bits per heavy atom. The predicted octanol–water partition coefficient (Wildman–Crippen LogP) is 6.17. The third-order valence-electron chi connectivity index (χ3n) is 8.78. The third kappa shape index (κ3) is 2.43. The lowest BCUT2D eigenvalue weighted by molar-refractivity contribution is -0.0226. The second-order valence-corrected chi connectivity index (χ2v) is 9.79. The van der Waals surface area contributed by atoms with Crippen molar-refractivity contribution in [1.29, 1.82) is 0 Å². The van der Waals surface area contributed by atoms with Crippen molar-refractivity contribution < 1.29 is 0 Å². The van der Waals surface area contributed by atoms with Crippen LogP contribution in [0, 0.1) is 33.5 Å². The molecular formula is C24H30N2O. The monoisotopic (exact) mass is 362 g/mol. The van der Waals surface area contributed by atoms with Gasteiger partial charge in [-0.15, -0.1) is 0 Å². The number of rotatable bonds is 2. The van der Waals surface area contributed by atoms with Gasteiger partial charge in [-0.3, -0.25) is 4.98 Å². The standard InChI is InChI=1S/C24H30N2O/c1-23-11-9-18(26-27)14-17(23)5-6-19-21-8-7-20(16-4-3-13-25-15-16)24(21,2)12-10-22(19)23/h3-4,7,13-15,18-19,21-22H,5-6,8-12H2,1-2H3/t18?,19-,21-,22-,23-,24+/m0/s1. The van der Waals surface area contributed by atoms with Crippen LogP contribution in [0.2, 0.25) is 0 Å². The Bertz CT molecular complexity index is 813. The maximum absolute atomic E-state index is 11.1. The zero-order valence-electron chi connectivity index (χ0n) is 16.5. The lowest BCUT2D eigenvalue weighted by Crippen LogP contribution is -2.50. The van der Waals surface area contributed by atoms with Crippen LogP contribution in [-0.2, 0) is 0 Å². The van der Waals surface area contributed by atoms with E-state index in [1.165, 1.54) is 37.7 Å². The van der Waals surface area contributed by atoms with E-state index in [2.05, 4.69) is 48.3 Å². The highest BCUT2D eigenvalue weighted by molar-refractivity contribution is 5.72. The lowest BCUT2D eigenvalue weighted by Gasteiger charge is -2.58. The van der Waals surface area contributed by atoms with Gasteiger partial charge in [-0.25, -0.2) is 0 Å². The van der Waals surface area contributed by atoms with Gasteiger partial charge in [0.1, 0.15) is 6.04 Å². The summed E-state index contributed by atoms with van der Waals surface area (Å²) in [7, 11) is 0. The summed E-state index contributed by atoms with van der Waals surface area (Å²) >= 11 is 0. The number of fused-ring (bicyclic) bond motifs is 5. The summed E-state index contributed by atoms with van der Waals surface area (Å²) in [5, 5.41) is 3.34. The molecule has 1 aromatic rings. The summed E-state index contributed by atoms with van der Waals surface area (Å²) in [5.41, 5.74) is 4.99. The normalized spacial score (nSPS) is 43.0. The van der Waals surface area contributed by atoms with E-state index in [1.54, 1.807) is 11.1 Å². The summed E-state index contributed by atoms with van der Waals surface area (Å²) < 4.78 is 0. The molecule has 142 valence electrons. The molecule has 5 rings (SSSR count). The van der Waals surface area contributed by atoms with Gasteiger partial charge in [-0.2, -0.15) is 4.91 Å². The highest BCUT2D eigenvalue weighted by Crippen LogP contribution is 2.66. The molecule has 27 heavy (non-hydrogen) atoms. The van der Waals surface area contributed by atoms with Gasteiger partial charge in [0, 0.05) is 12.4 Å². The van der Waals surface area contributed by atoms with E-state index in [0.29, 0.717) is 10.8 Å². The number of pyridine rings is 1. The van der Waals surface area contributed by atoms with Crippen LogP contribution in [0.25, 0.3) is 5.57 Å². The van der Waals surface area contributed by atoms with Crippen molar-refractivity contribution in [1.82, 2.24) is 4.98 Å². The molecule has 3 nitrogen and oxygen atoms in total. The van der Waals surface area contributed by atoms with Crippen molar-refractivity contribution in [3.05, 3.63) is 52.7 Å². The maximum atomic E-state index is 11.1. The fourth-order valence-corrected chi connectivity index (χ4v) is 7.33. The Labute approximate surface area is 162 Å². The molecule has 2 fully saturated rings. The minimum absolute atomic E-state index is 0.0798. The van der Waals surface area contributed by atoms with Crippen molar-refractivity contribution in [2.75, 3.05) is 0 Å². The van der Waals surface area contributed by atoms with Crippen LogP contribution in [0.1, 0.15) is 64.4 Å². The average Bonchev–Trinajstić information content (AvgIpc) is 3.05. The third-order valence-corrected chi connectivity index (χ3v) is 8.78. The second-order valence-electron chi connectivity index (χ2n) is 9.79. The molecule has 0 spiro atoms. The summed E-state index contributed by atoms with van der Waals surface area (Å²) in [6.45, 7) is 5.00. The van der Waals surface area contributed by atoms with Crippen molar-refractivity contribution >= 4 is 5.57 Å². The van der Waals surface area contributed by atoms with Gasteiger partial charge in [0.2, 0.25) is 0 Å². The number of allylic oxidation sites excluding steroid dienone is 3. The van der Waals surface area contributed by atoms with Crippen molar-refractivity contribution in [3.63, 3.8) is 0 Å². The summed E-state index contributed by atoms with van der Waals surface area (Å²) in [5.74, 6) is 2.33. The summed E-state index contributed by atoms with van der Waals surface area (Å²) in [6.07, 6.45) is 17.0. The van der Waals surface area contributed by atoms with E-state index >= 15 is 0 Å². The Morgan fingerprint density at radius 2 is 1.96 bits per heavy atom. The van der Waals surface area contributed by atoms with Crippen LogP contribution in [0.5, 0.6) is 0 Å². The molecule has 0 radical (unpaired) electrons. The fraction of sp³-hybridized carbons (Fsp3) is 0.625. The fourth-order valence-electron chi connectivity index (χ4n) is 7.33. The number of hydrogen-bond acceptors (Lipinski definition) is 3. The predicted molar refractivity (Wildman–Crippen MR) is 109 cm³/mol. The first-order valence-electron chi connectivity index (χ1n) is 10.7. The van der Waals surface area contributed by atoms with Crippen LogP contribution < -0.4 is 0 Å². The largest absolute Gasteiger partial charge is 0.264 e. The van der Waals surface area contributed by atoms with E-state index in [0.717, 1.165) is 30.6 Å². The lowest BCUT2D eigenvalue weighted by atomic mass is 9.46. The van der Waals surface area contributed by atoms with Gasteiger partial charge in [0.25, 0.3) is 0 Å². The zero-order valence-corrected chi connectivity index (χ0v) is 16.5. The molecule has 0 bridgehead atoms. The van der Waals surface area contributed by atoms with Gasteiger partial charge in [0.05, 0.1) is 0 Å². The molecule has 0 saturated heterocycles. The van der Waals surface area contributed by atoms with Crippen LogP contribution in [0.15, 0.2) is 47.4 Å². The summed E-state index contributed by atoms with van der Waals surface area (Å²) in [6, 6.07) is 4.22. The SMILES string of the molecule is C[C@]12CCC(N=O)C=C1CC[C@@H]1[C@@H]2CC[C@]2(C)C(c3cccnc3)=CC[C@@H]12. The van der Waals surface area contributed by atoms with Gasteiger partial charge < -0.3 is 0 Å². The maximum Gasteiger partial charge on any atom is 0.110 e. The van der Waals surface area contributed by atoms with Gasteiger partial charge >= 0.3 is 0 Å². The molecule has 0 N–H and O–H groups in total. The molecule has 1 unspecified atom stereocenters. The van der Waals surface area contributed by atoms with E-state index in [4.69, 9.17) is 0 Å². The molecule has 4 aliphatic rings. The minimum Gasteiger partial charge on any atom is -0.264 e. The van der Waals surface area contributed by atoms with E-state index < -0.39 is 0 Å².